The average Bonchev–Trinajstić information content (AvgIpc) is 2.66. The third-order valence-corrected chi connectivity index (χ3v) is 5.88. The van der Waals surface area contributed by atoms with Crippen molar-refractivity contribution in [1.29, 1.82) is 0 Å². The van der Waals surface area contributed by atoms with E-state index in [0.29, 0.717) is 38.8 Å². The zero-order valence-corrected chi connectivity index (χ0v) is 16.9. The van der Waals surface area contributed by atoms with Crippen molar-refractivity contribution in [3.8, 4) is 0 Å². The van der Waals surface area contributed by atoms with Gasteiger partial charge in [0, 0.05) is 43.4 Å². The van der Waals surface area contributed by atoms with Crippen LogP contribution in [-0.4, -0.2) is 54.0 Å². The van der Waals surface area contributed by atoms with Crippen LogP contribution in [0.25, 0.3) is 0 Å². The van der Waals surface area contributed by atoms with Crippen LogP contribution in [0.3, 0.4) is 0 Å². The minimum atomic E-state index is -0.369. The molecule has 0 N–H and O–H groups in total. The molecule has 0 saturated carbocycles. The first kappa shape index (κ1) is 19.4. The molecular weight excluding hydrogens is 396 g/mol. The Morgan fingerprint density at radius 1 is 1.19 bits per heavy atom. The van der Waals surface area contributed by atoms with Crippen molar-refractivity contribution in [3.63, 3.8) is 0 Å². The summed E-state index contributed by atoms with van der Waals surface area (Å²) in [4.78, 5) is 29.4. The van der Waals surface area contributed by atoms with Gasteiger partial charge in [-0.3, -0.25) is 9.59 Å². The number of likely N-dealkylation sites (tertiary alicyclic amines) is 1. The molecule has 3 rings (SSSR count). The van der Waals surface area contributed by atoms with Crippen LogP contribution in [0.1, 0.15) is 38.2 Å². The highest BCUT2D eigenvalue weighted by Crippen LogP contribution is 2.22. The fraction of sp³-hybridized carbons (Fsp3) is 0.600. The average molecular weight is 423 g/mol. The first-order chi connectivity index (χ1) is 12.5. The van der Waals surface area contributed by atoms with Crippen LogP contribution in [0.4, 0.5) is 0 Å². The lowest BCUT2D eigenvalue weighted by Crippen LogP contribution is -2.51. The number of hydrogen-bond donors (Lipinski definition) is 0. The number of amides is 2. The number of carbonyl (C=O) groups is 2. The molecule has 5 nitrogen and oxygen atoms in total. The first-order valence-corrected chi connectivity index (χ1v) is 10.3. The molecule has 2 aliphatic heterocycles. The van der Waals surface area contributed by atoms with E-state index in [4.69, 9.17) is 4.74 Å². The van der Waals surface area contributed by atoms with Crippen molar-refractivity contribution in [2.75, 3.05) is 26.3 Å². The maximum atomic E-state index is 13.1. The summed E-state index contributed by atoms with van der Waals surface area (Å²) >= 11 is 3.48. The smallest absolute Gasteiger partial charge is 0.312 e. The Balaban J connectivity index is 1.75. The Morgan fingerprint density at radius 3 is 2.54 bits per heavy atom. The summed E-state index contributed by atoms with van der Waals surface area (Å²) in [6.07, 6.45) is 3.51. The predicted molar refractivity (Wildman–Crippen MR) is 104 cm³/mol. The van der Waals surface area contributed by atoms with Crippen molar-refractivity contribution < 1.29 is 14.3 Å². The van der Waals surface area contributed by atoms with Crippen LogP contribution in [0.2, 0.25) is 0 Å². The van der Waals surface area contributed by atoms with Crippen LogP contribution in [0.5, 0.6) is 0 Å². The summed E-state index contributed by atoms with van der Waals surface area (Å²) in [5.74, 6) is -0.0905. The number of nitrogens with zero attached hydrogens (tertiary/aromatic N) is 2. The molecule has 0 aromatic heterocycles. The number of hydrogen-bond acceptors (Lipinski definition) is 3. The van der Waals surface area contributed by atoms with E-state index in [2.05, 4.69) is 22.9 Å². The van der Waals surface area contributed by atoms with Crippen molar-refractivity contribution in [2.45, 2.75) is 45.2 Å². The zero-order valence-electron chi connectivity index (χ0n) is 15.3. The van der Waals surface area contributed by atoms with Gasteiger partial charge in [-0.2, -0.15) is 0 Å². The number of piperidine rings is 1. The molecule has 0 radical (unpaired) electrons. The molecule has 0 bridgehead atoms. The third kappa shape index (κ3) is 4.86. The van der Waals surface area contributed by atoms with Crippen LogP contribution in [0.15, 0.2) is 28.7 Å². The molecular formula is C20H27BrN2O3. The highest BCUT2D eigenvalue weighted by atomic mass is 79.9. The van der Waals surface area contributed by atoms with Gasteiger partial charge in [0.05, 0.1) is 0 Å². The van der Waals surface area contributed by atoms with Gasteiger partial charge in [-0.15, -0.1) is 0 Å². The molecule has 2 heterocycles. The minimum Gasteiger partial charge on any atom is -0.381 e. The number of rotatable bonds is 3. The molecule has 1 aromatic carbocycles. The van der Waals surface area contributed by atoms with E-state index in [-0.39, 0.29) is 17.9 Å². The van der Waals surface area contributed by atoms with E-state index in [1.165, 1.54) is 0 Å². The van der Waals surface area contributed by atoms with Gasteiger partial charge in [0.15, 0.2) is 0 Å². The molecule has 0 atom stereocenters. The Morgan fingerprint density at radius 2 is 1.88 bits per heavy atom. The van der Waals surface area contributed by atoms with Gasteiger partial charge in [-0.1, -0.05) is 35.0 Å². The Kier molecular flexibility index (Phi) is 6.70. The SMILES string of the molecule is CC1CCN(C(=O)C(=O)N(Cc2cccc(Br)c2)C2CCOCC2)CC1. The Hall–Kier alpha value is -1.40. The molecule has 2 aliphatic rings. The van der Waals surface area contributed by atoms with Crippen LogP contribution < -0.4 is 0 Å². The second kappa shape index (κ2) is 9.00. The number of benzene rings is 1. The van der Waals surface area contributed by atoms with Gasteiger partial charge >= 0.3 is 11.8 Å². The molecule has 0 aliphatic carbocycles. The lowest BCUT2D eigenvalue weighted by atomic mass is 9.99. The van der Waals surface area contributed by atoms with E-state index < -0.39 is 0 Å². The molecule has 2 saturated heterocycles. The fourth-order valence-electron chi connectivity index (χ4n) is 3.67. The largest absolute Gasteiger partial charge is 0.381 e. The molecule has 2 amide bonds. The van der Waals surface area contributed by atoms with Gasteiger partial charge in [-0.25, -0.2) is 0 Å². The normalized spacial score (nSPS) is 19.4. The quantitative estimate of drug-likeness (QED) is 0.702. The van der Waals surface area contributed by atoms with Gasteiger partial charge < -0.3 is 14.5 Å². The molecule has 6 heteroatoms. The van der Waals surface area contributed by atoms with Gasteiger partial charge in [0.25, 0.3) is 0 Å². The summed E-state index contributed by atoms with van der Waals surface area (Å²) in [5, 5.41) is 0. The zero-order chi connectivity index (χ0) is 18.5. The molecule has 1 aromatic rings. The van der Waals surface area contributed by atoms with Crippen LogP contribution in [0, 0.1) is 5.92 Å². The molecule has 2 fully saturated rings. The summed E-state index contributed by atoms with van der Waals surface area (Å²) in [6, 6.07) is 7.98. The highest BCUT2D eigenvalue weighted by molar-refractivity contribution is 9.10. The maximum absolute atomic E-state index is 13.1. The monoisotopic (exact) mass is 422 g/mol. The number of ether oxygens (including phenoxy) is 1. The Labute approximate surface area is 163 Å². The van der Waals surface area contributed by atoms with Gasteiger partial charge in [-0.05, 0) is 49.3 Å². The fourth-order valence-corrected chi connectivity index (χ4v) is 4.11. The molecule has 142 valence electrons. The lowest BCUT2D eigenvalue weighted by molar-refractivity contribution is -0.155. The van der Waals surface area contributed by atoms with E-state index >= 15 is 0 Å². The van der Waals surface area contributed by atoms with Crippen LogP contribution >= 0.6 is 15.9 Å². The second-order valence-corrected chi connectivity index (χ2v) is 8.30. The molecule has 0 spiro atoms. The first-order valence-electron chi connectivity index (χ1n) is 9.46. The van der Waals surface area contributed by atoms with Crippen molar-refractivity contribution in [3.05, 3.63) is 34.3 Å². The van der Waals surface area contributed by atoms with E-state index in [0.717, 1.165) is 35.7 Å². The number of carbonyl (C=O) groups excluding carboxylic acids is 2. The van der Waals surface area contributed by atoms with Gasteiger partial charge in [0.1, 0.15) is 0 Å². The van der Waals surface area contributed by atoms with Crippen molar-refractivity contribution >= 4 is 27.7 Å². The van der Waals surface area contributed by atoms with Crippen LogP contribution in [-0.2, 0) is 20.9 Å². The van der Waals surface area contributed by atoms with Crippen molar-refractivity contribution in [1.82, 2.24) is 9.80 Å². The standard InChI is InChI=1S/C20H27BrN2O3/c1-15-5-9-22(10-6-15)19(24)20(25)23(18-7-11-26-12-8-18)14-16-3-2-4-17(21)13-16/h2-4,13,15,18H,5-12,14H2,1H3. The summed E-state index contributed by atoms with van der Waals surface area (Å²) in [7, 11) is 0. The minimum absolute atomic E-state index is 0.0582. The Bertz CT molecular complexity index is 638. The second-order valence-electron chi connectivity index (χ2n) is 7.38. The number of halogens is 1. The van der Waals surface area contributed by atoms with Crippen molar-refractivity contribution in [2.24, 2.45) is 5.92 Å². The highest BCUT2D eigenvalue weighted by Gasteiger charge is 2.33. The molecule has 0 unspecified atom stereocenters. The summed E-state index contributed by atoms with van der Waals surface area (Å²) in [6.45, 7) is 5.31. The summed E-state index contributed by atoms with van der Waals surface area (Å²) < 4.78 is 6.42. The summed E-state index contributed by atoms with van der Waals surface area (Å²) in [5.41, 5.74) is 1.03. The van der Waals surface area contributed by atoms with E-state index in [1.54, 1.807) is 9.80 Å². The maximum Gasteiger partial charge on any atom is 0.312 e. The van der Waals surface area contributed by atoms with Gasteiger partial charge in [0.2, 0.25) is 0 Å². The molecule has 26 heavy (non-hydrogen) atoms. The van der Waals surface area contributed by atoms with E-state index in [1.807, 2.05) is 24.3 Å². The topological polar surface area (TPSA) is 49.9 Å². The van der Waals surface area contributed by atoms with E-state index in [9.17, 15) is 9.59 Å². The third-order valence-electron chi connectivity index (χ3n) is 5.39. The lowest BCUT2D eigenvalue weighted by Gasteiger charge is -2.36. The predicted octanol–water partition coefficient (Wildman–Crippen LogP) is 3.22.